The summed E-state index contributed by atoms with van der Waals surface area (Å²) in [6.45, 7) is 3.90. The van der Waals surface area contributed by atoms with Gasteiger partial charge >= 0.3 is 5.97 Å². The van der Waals surface area contributed by atoms with Crippen LogP contribution < -0.4 is 4.74 Å². The number of imide groups is 1. The zero-order chi connectivity index (χ0) is 18.9. The summed E-state index contributed by atoms with van der Waals surface area (Å²) in [6.07, 6.45) is 5.49. The minimum atomic E-state index is -0.410. The summed E-state index contributed by atoms with van der Waals surface area (Å²) in [7, 11) is 0. The normalized spacial score (nSPS) is 35.3. The summed E-state index contributed by atoms with van der Waals surface area (Å²) >= 11 is 0. The number of benzene rings is 1. The standard InChI is InChI=1S/C22H23NO4/c1-11-4-3-5-12(2)20(11)27-17(24)8-9-23-21(25)18-13-6-7-14(16-10-15(13)16)19(18)22(23)26/h3-7,13-16,18-19H,8-10H2,1-2H3/t13-,14-,15-,16+,18-,19-/m1/s1. The van der Waals surface area contributed by atoms with Gasteiger partial charge in [0.05, 0.1) is 18.3 Å². The van der Waals surface area contributed by atoms with Crippen molar-refractivity contribution in [3.63, 3.8) is 0 Å². The number of hydrogen-bond acceptors (Lipinski definition) is 4. The average molecular weight is 365 g/mol. The molecule has 1 aromatic carbocycles. The highest BCUT2D eigenvalue weighted by Crippen LogP contribution is 2.65. The number of ether oxygens (including phenoxy) is 1. The van der Waals surface area contributed by atoms with Gasteiger partial charge in [-0.15, -0.1) is 0 Å². The first kappa shape index (κ1) is 16.7. The van der Waals surface area contributed by atoms with Crippen LogP contribution in [0.1, 0.15) is 24.0 Å². The molecule has 6 rings (SSSR count). The van der Waals surface area contributed by atoms with Crippen molar-refractivity contribution in [3.8, 4) is 5.75 Å². The molecule has 0 N–H and O–H groups in total. The van der Waals surface area contributed by atoms with E-state index in [0.29, 0.717) is 17.6 Å². The second kappa shape index (κ2) is 5.78. The number of hydrogen-bond donors (Lipinski definition) is 0. The third kappa shape index (κ3) is 2.40. The Labute approximate surface area is 158 Å². The predicted molar refractivity (Wildman–Crippen MR) is 97.6 cm³/mol. The van der Waals surface area contributed by atoms with Crippen LogP contribution >= 0.6 is 0 Å². The van der Waals surface area contributed by atoms with Crippen LogP contribution in [0.5, 0.6) is 5.75 Å². The van der Waals surface area contributed by atoms with Crippen LogP contribution in [0, 0.1) is 49.4 Å². The Morgan fingerprint density at radius 2 is 1.59 bits per heavy atom. The van der Waals surface area contributed by atoms with Gasteiger partial charge in [0.25, 0.3) is 0 Å². The van der Waals surface area contributed by atoms with Crippen molar-refractivity contribution in [2.24, 2.45) is 35.5 Å². The molecule has 5 aliphatic rings. The maximum absolute atomic E-state index is 12.9. The summed E-state index contributed by atoms with van der Waals surface area (Å²) in [5, 5.41) is 0. The topological polar surface area (TPSA) is 63.7 Å². The summed E-state index contributed by atoms with van der Waals surface area (Å²) < 4.78 is 5.50. The molecule has 140 valence electrons. The van der Waals surface area contributed by atoms with Gasteiger partial charge < -0.3 is 4.74 Å². The van der Waals surface area contributed by atoms with Crippen LogP contribution in [0.4, 0.5) is 0 Å². The fraction of sp³-hybridized carbons (Fsp3) is 0.500. The number of nitrogens with zero attached hydrogens (tertiary/aromatic N) is 1. The first-order valence-corrected chi connectivity index (χ1v) is 9.78. The first-order valence-electron chi connectivity index (χ1n) is 9.78. The minimum absolute atomic E-state index is 0.0281. The number of esters is 1. The van der Waals surface area contributed by atoms with Crippen LogP contribution in [0.25, 0.3) is 0 Å². The fourth-order valence-corrected chi connectivity index (χ4v) is 5.57. The van der Waals surface area contributed by atoms with Crippen molar-refractivity contribution in [1.29, 1.82) is 0 Å². The van der Waals surface area contributed by atoms with E-state index in [4.69, 9.17) is 4.74 Å². The number of allylic oxidation sites excluding steroid dienone is 2. The number of carbonyl (C=O) groups is 3. The zero-order valence-corrected chi connectivity index (χ0v) is 15.6. The average Bonchev–Trinajstić information content (AvgIpc) is 3.42. The lowest BCUT2D eigenvalue weighted by Crippen LogP contribution is -2.40. The minimum Gasteiger partial charge on any atom is -0.426 e. The Balaban J connectivity index is 1.26. The van der Waals surface area contributed by atoms with E-state index in [1.54, 1.807) is 0 Å². The van der Waals surface area contributed by atoms with Crippen molar-refractivity contribution >= 4 is 17.8 Å². The monoisotopic (exact) mass is 365 g/mol. The molecule has 0 radical (unpaired) electrons. The number of rotatable bonds is 4. The molecule has 2 bridgehead atoms. The van der Waals surface area contributed by atoms with Crippen LogP contribution in [0.15, 0.2) is 30.4 Å². The van der Waals surface area contributed by atoms with Gasteiger partial charge in [0.2, 0.25) is 11.8 Å². The molecule has 0 unspecified atom stereocenters. The van der Waals surface area contributed by atoms with E-state index in [1.807, 2.05) is 32.0 Å². The first-order chi connectivity index (χ1) is 13.0. The van der Waals surface area contributed by atoms with E-state index in [1.165, 1.54) is 4.90 Å². The second-order valence-corrected chi connectivity index (χ2v) is 8.43. The van der Waals surface area contributed by atoms with Crippen LogP contribution in [-0.4, -0.2) is 29.2 Å². The molecule has 27 heavy (non-hydrogen) atoms. The summed E-state index contributed by atoms with van der Waals surface area (Å²) in [5.41, 5.74) is 1.79. The largest absolute Gasteiger partial charge is 0.426 e. The number of carbonyl (C=O) groups excluding carboxylic acids is 3. The summed E-state index contributed by atoms with van der Waals surface area (Å²) in [4.78, 5) is 39.4. The van der Waals surface area contributed by atoms with E-state index in [2.05, 4.69) is 12.2 Å². The van der Waals surface area contributed by atoms with Crippen molar-refractivity contribution < 1.29 is 19.1 Å². The number of likely N-dealkylation sites (tertiary alicyclic amines) is 1. The molecule has 5 nitrogen and oxygen atoms in total. The molecule has 1 aliphatic heterocycles. The lowest BCUT2D eigenvalue weighted by Gasteiger charge is -2.37. The van der Waals surface area contributed by atoms with E-state index >= 15 is 0 Å². The van der Waals surface area contributed by atoms with Gasteiger partial charge in [-0.05, 0) is 55.1 Å². The molecule has 1 heterocycles. The van der Waals surface area contributed by atoms with Gasteiger partial charge in [-0.1, -0.05) is 30.4 Å². The molecule has 0 aromatic heterocycles. The summed E-state index contributed by atoms with van der Waals surface area (Å²) in [5.74, 6) is 1.19. The Morgan fingerprint density at radius 1 is 1.04 bits per heavy atom. The lowest BCUT2D eigenvalue weighted by atomic mass is 9.63. The van der Waals surface area contributed by atoms with Crippen molar-refractivity contribution in [2.75, 3.05) is 6.54 Å². The third-order valence-corrected chi connectivity index (χ3v) is 6.92. The molecule has 0 spiro atoms. The highest BCUT2D eigenvalue weighted by molar-refractivity contribution is 6.06. The summed E-state index contributed by atoms with van der Waals surface area (Å²) in [6, 6.07) is 5.70. The van der Waals surface area contributed by atoms with Crippen LogP contribution in [0.3, 0.4) is 0 Å². The van der Waals surface area contributed by atoms with Crippen LogP contribution in [-0.2, 0) is 14.4 Å². The van der Waals surface area contributed by atoms with Crippen LogP contribution in [0.2, 0.25) is 0 Å². The van der Waals surface area contributed by atoms with E-state index in [-0.39, 0.29) is 48.5 Å². The van der Waals surface area contributed by atoms with Crippen molar-refractivity contribution in [2.45, 2.75) is 26.7 Å². The zero-order valence-electron chi connectivity index (χ0n) is 15.6. The smallest absolute Gasteiger partial charge is 0.313 e. The maximum Gasteiger partial charge on any atom is 0.313 e. The van der Waals surface area contributed by atoms with E-state index in [9.17, 15) is 14.4 Å². The molecule has 5 heteroatoms. The Hall–Kier alpha value is -2.43. The second-order valence-electron chi connectivity index (χ2n) is 8.43. The number of aryl methyl sites for hydroxylation is 2. The Morgan fingerprint density at radius 3 is 2.15 bits per heavy atom. The highest BCUT2D eigenvalue weighted by atomic mass is 16.5. The van der Waals surface area contributed by atoms with E-state index < -0.39 is 5.97 Å². The Kier molecular flexibility index (Phi) is 3.58. The van der Waals surface area contributed by atoms with Gasteiger partial charge in [-0.3, -0.25) is 19.3 Å². The van der Waals surface area contributed by atoms with Gasteiger partial charge in [0.15, 0.2) is 0 Å². The van der Waals surface area contributed by atoms with Gasteiger partial charge in [0, 0.05) is 6.54 Å². The number of amides is 2. The SMILES string of the molecule is Cc1cccc(C)c1OC(=O)CCN1C(=O)[C@@H]2[C@@H]3C=C[C@H]([C@@H]4C[C@H]34)[C@H]2C1=O. The quantitative estimate of drug-likeness (QED) is 0.356. The number of para-hydroxylation sites is 1. The van der Waals surface area contributed by atoms with Gasteiger partial charge in [-0.25, -0.2) is 0 Å². The molecular weight excluding hydrogens is 342 g/mol. The van der Waals surface area contributed by atoms with Gasteiger partial charge in [-0.2, -0.15) is 0 Å². The molecule has 1 aromatic rings. The third-order valence-electron chi connectivity index (χ3n) is 6.92. The molecule has 2 amide bonds. The molecule has 4 aliphatic carbocycles. The van der Waals surface area contributed by atoms with Crippen molar-refractivity contribution in [1.82, 2.24) is 4.90 Å². The fourth-order valence-electron chi connectivity index (χ4n) is 5.57. The lowest BCUT2D eigenvalue weighted by molar-refractivity contribution is -0.141. The maximum atomic E-state index is 12.9. The molecule has 6 atom stereocenters. The molecule has 1 saturated heterocycles. The Bertz CT molecular complexity index is 832. The van der Waals surface area contributed by atoms with Crippen molar-refractivity contribution in [3.05, 3.63) is 41.5 Å². The van der Waals surface area contributed by atoms with Gasteiger partial charge in [0.1, 0.15) is 5.75 Å². The molecule has 3 fully saturated rings. The predicted octanol–water partition coefficient (Wildman–Crippen LogP) is 2.65. The molecular formula is C22H23NO4. The highest BCUT2D eigenvalue weighted by Gasteiger charge is 2.66. The van der Waals surface area contributed by atoms with E-state index in [0.717, 1.165) is 17.5 Å². The molecule has 2 saturated carbocycles.